The smallest absolute Gasteiger partial charge is 0.236 e. The Morgan fingerprint density at radius 1 is 1.09 bits per heavy atom. The molecule has 0 radical (unpaired) electrons. The monoisotopic (exact) mass is 322 g/mol. The van der Waals surface area contributed by atoms with E-state index < -0.39 is 0 Å². The van der Waals surface area contributed by atoms with Crippen molar-refractivity contribution in [2.45, 2.75) is 38.8 Å². The zero-order valence-electron chi connectivity index (χ0n) is 14.7. The molecule has 6 nitrogen and oxygen atoms in total. The summed E-state index contributed by atoms with van der Waals surface area (Å²) in [6.45, 7) is 10.1. The maximum absolute atomic E-state index is 12.3. The highest BCUT2D eigenvalue weighted by molar-refractivity contribution is 5.78. The van der Waals surface area contributed by atoms with Crippen LogP contribution in [0.4, 0.5) is 0 Å². The number of hydrogen-bond acceptors (Lipinski definition) is 4. The Morgan fingerprint density at radius 2 is 1.74 bits per heavy atom. The molecule has 0 aromatic carbocycles. The molecule has 0 unspecified atom stereocenters. The Bertz CT molecular complexity index is 458. The first-order chi connectivity index (χ1) is 11.0. The second kappa shape index (κ2) is 6.77. The first-order valence-corrected chi connectivity index (χ1v) is 8.93. The van der Waals surface area contributed by atoms with Crippen LogP contribution in [0.3, 0.4) is 0 Å². The lowest BCUT2D eigenvalue weighted by molar-refractivity contribution is -0.132. The lowest BCUT2D eigenvalue weighted by Crippen LogP contribution is -2.53. The molecule has 2 aliphatic heterocycles. The maximum atomic E-state index is 12.3. The van der Waals surface area contributed by atoms with Gasteiger partial charge in [-0.15, -0.1) is 0 Å². The summed E-state index contributed by atoms with van der Waals surface area (Å²) in [6, 6.07) is 1.01. The van der Waals surface area contributed by atoms with Crippen LogP contribution in [-0.4, -0.2) is 96.4 Å². The molecular formula is C17H30N4O2. The van der Waals surface area contributed by atoms with Crippen LogP contribution in [0.15, 0.2) is 0 Å². The molecular weight excluding hydrogens is 292 g/mol. The summed E-state index contributed by atoms with van der Waals surface area (Å²) in [5, 5.41) is 0. The third kappa shape index (κ3) is 3.86. The molecule has 3 aliphatic rings. The molecule has 0 spiro atoms. The average Bonchev–Trinajstić information content (AvgIpc) is 3.30. The highest BCUT2D eigenvalue weighted by Gasteiger charge is 2.37. The van der Waals surface area contributed by atoms with E-state index in [-0.39, 0.29) is 11.8 Å². The topological polar surface area (TPSA) is 47.1 Å². The Labute approximate surface area is 139 Å². The van der Waals surface area contributed by atoms with Crippen molar-refractivity contribution in [3.8, 4) is 0 Å². The zero-order chi connectivity index (χ0) is 16.6. The SMILES string of the molecule is CC(=O)N1CCN([C@H]2CN(CC(=O)N(C)C3CC3)C[C@H]2C)CC1. The van der Waals surface area contributed by atoms with Crippen LogP contribution in [0, 0.1) is 5.92 Å². The molecule has 3 fully saturated rings. The van der Waals surface area contributed by atoms with E-state index in [1.807, 2.05) is 16.8 Å². The molecule has 2 amide bonds. The van der Waals surface area contributed by atoms with Gasteiger partial charge in [-0.3, -0.25) is 19.4 Å². The van der Waals surface area contributed by atoms with Crippen molar-refractivity contribution in [3.05, 3.63) is 0 Å². The van der Waals surface area contributed by atoms with E-state index in [1.54, 1.807) is 6.92 Å². The lowest BCUT2D eigenvalue weighted by atomic mass is 10.0. The van der Waals surface area contributed by atoms with Crippen LogP contribution in [0.2, 0.25) is 0 Å². The first-order valence-electron chi connectivity index (χ1n) is 8.93. The van der Waals surface area contributed by atoms with E-state index in [0.717, 1.165) is 39.3 Å². The van der Waals surface area contributed by atoms with Gasteiger partial charge in [0.2, 0.25) is 11.8 Å². The third-order valence-electron chi connectivity index (χ3n) is 5.72. The number of carbonyl (C=O) groups excluding carboxylic acids is 2. The first kappa shape index (κ1) is 16.7. The van der Waals surface area contributed by atoms with Crippen LogP contribution < -0.4 is 0 Å². The van der Waals surface area contributed by atoms with Crippen LogP contribution in [0.5, 0.6) is 0 Å². The molecule has 0 aromatic rings. The fourth-order valence-electron chi connectivity index (χ4n) is 3.99. The minimum atomic E-state index is 0.180. The predicted octanol–water partition coefficient (Wildman–Crippen LogP) is 0.0916. The number of rotatable bonds is 4. The molecule has 1 aliphatic carbocycles. The molecule has 2 saturated heterocycles. The summed E-state index contributed by atoms with van der Waals surface area (Å²) in [4.78, 5) is 32.5. The largest absolute Gasteiger partial charge is 0.342 e. The van der Waals surface area contributed by atoms with Gasteiger partial charge in [0.1, 0.15) is 0 Å². The van der Waals surface area contributed by atoms with Gasteiger partial charge in [0.25, 0.3) is 0 Å². The molecule has 1 saturated carbocycles. The molecule has 0 N–H and O–H groups in total. The van der Waals surface area contributed by atoms with E-state index in [2.05, 4.69) is 16.7 Å². The molecule has 3 rings (SSSR count). The Morgan fingerprint density at radius 3 is 2.30 bits per heavy atom. The number of hydrogen-bond donors (Lipinski definition) is 0. The van der Waals surface area contributed by atoms with Gasteiger partial charge in [0.05, 0.1) is 6.54 Å². The number of carbonyl (C=O) groups is 2. The Hall–Kier alpha value is -1.14. The highest BCUT2D eigenvalue weighted by Crippen LogP contribution is 2.27. The summed E-state index contributed by atoms with van der Waals surface area (Å²) in [7, 11) is 1.94. The van der Waals surface area contributed by atoms with Gasteiger partial charge < -0.3 is 9.80 Å². The molecule has 23 heavy (non-hydrogen) atoms. The predicted molar refractivity (Wildman–Crippen MR) is 89.0 cm³/mol. The summed E-state index contributed by atoms with van der Waals surface area (Å²) < 4.78 is 0. The van der Waals surface area contributed by atoms with Crippen molar-refractivity contribution in [1.29, 1.82) is 0 Å². The molecule has 0 aromatic heterocycles. The summed E-state index contributed by atoms with van der Waals surface area (Å²) in [5.74, 6) is 1.03. The second-order valence-corrected chi connectivity index (χ2v) is 7.52. The van der Waals surface area contributed by atoms with Gasteiger partial charge in [0.15, 0.2) is 0 Å². The van der Waals surface area contributed by atoms with E-state index in [1.165, 1.54) is 12.8 Å². The van der Waals surface area contributed by atoms with Crippen molar-refractivity contribution < 1.29 is 9.59 Å². The van der Waals surface area contributed by atoms with Crippen LogP contribution in [0.25, 0.3) is 0 Å². The molecule has 2 heterocycles. The van der Waals surface area contributed by atoms with Crippen molar-refractivity contribution in [3.63, 3.8) is 0 Å². The molecule has 130 valence electrons. The lowest BCUT2D eigenvalue weighted by Gasteiger charge is -2.39. The number of likely N-dealkylation sites (tertiary alicyclic amines) is 1. The summed E-state index contributed by atoms with van der Waals surface area (Å²) in [6.07, 6.45) is 2.34. The second-order valence-electron chi connectivity index (χ2n) is 7.52. The normalized spacial score (nSPS) is 29.8. The van der Waals surface area contributed by atoms with E-state index in [4.69, 9.17) is 0 Å². The van der Waals surface area contributed by atoms with Crippen LogP contribution >= 0.6 is 0 Å². The summed E-state index contributed by atoms with van der Waals surface area (Å²) >= 11 is 0. The average molecular weight is 322 g/mol. The number of nitrogens with zero attached hydrogens (tertiary/aromatic N) is 4. The van der Waals surface area contributed by atoms with Crippen LogP contribution in [0.1, 0.15) is 26.7 Å². The molecule has 0 bridgehead atoms. The quantitative estimate of drug-likeness (QED) is 0.736. The van der Waals surface area contributed by atoms with Crippen LogP contribution in [-0.2, 0) is 9.59 Å². The minimum absolute atomic E-state index is 0.180. The van der Waals surface area contributed by atoms with Gasteiger partial charge in [-0.25, -0.2) is 0 Å². The van der Waals surface area contributed by atoms with Gasteiger partial charge in [-0.1, -0.05) is 6.92 Å². The molecule has 2 atom stereocenters. The van der Waals surface area contributed by atoms with Gasteiger partial charge >= 0.3 is 0 Å². The highest BCUT2D eigenvalue weighted by atomic mass is 16.2. The maximum Gasteiger partial charge on any atom is 0.236 e. The van der Waals surface area contributed by atoms with Crippen molar-refractivity contribution in [2.75, 3.05) is 52.9 Å². The number of likely N-dealkylation sites (N-methyl/N-ethyl adjacent to an activating group) is 1. The summed E-state index contributed by atoms with van der Waals surface area (Å²) in [5.41, 5.74) is 0. The fourth-order valence-corrected chi connectivity index (χ4v) is 3.99. The Kier molecular flexibility index (Phi) is 4.92. The van der Waals surface area contributed by atoms with Crippen molar-refractivity contribution >= 4 is 11.8 Å². The van der Waals surface area contributed by atoms with E-state index in [0.29, 0.717) is 24.5 Å². The van der Waals surface area contributed by atoms with E-state index >= 15 is 0 Å². The van der Waals surface area contributed by atoms with Gasteiger partial charge in [-0.2, -0.15) is 0 Å². The van der Waals surface area contributed by atoms with E-state index in [9.17, 15) is 9.59 Å². The van der Waals surface area contributed by atoms with Crippen molar-refractivity contribution in [1.82, 2.24) is 19.6 Å². The number of piperazine rings is 1. The third-order valence-corrected chi connectivity index (χ3v) is 5.72. The number of amides is 2. The van der Waals surface area contributed by atoms with Crippen molar-refractivity contribution in [2.24, 2.45) is 5.92 Å². The zero-order valence-corrected chi connectivity index (χ0v) is 14.7. The Balaban J connectivity index is 1.48. The van der Waals surface area contributed by atoms with Gasteiger partial charge in [-0.05, 0) is 18.8 Å². The van der Waals surface area contributed by atoms with Gasteiger partial charge in [0, 0.05) is 65.3 Å². The molecule has 6 heteroatoms. The minimum Gasteiger partial charge on any atom is -0.342 e. The standard InChI is InChI=1S/C17H30N4O2/c1-13-10-19(12-17(23)18(3)15-4-5-15)11-16(13)21-8-6-20(7-9-21)14(2)22/h13,15-16H,4-12H2,1-3H3/t13-,16+/m1/s1. The fraction of sp³-hybridized carbons (Fsp3) is 0.882.